The summed E-state index contributed by atoms with van der Waals surface area (Å²) in [4.78, 5) is 0. The zero-order valence-electron chi connectivity index (χ0n) is 18.3. The Morgan fingerprint density at radius 3 is 2.45 bits per heavy atom. The van der Waals surface area contributed by atoms with Crippen LogP contribution in [0.25, 0.3) is 10.8 Å². The molecule has 0 fully saturated rings. The van der Waals surface area contributed by atoms with Gasteiger partial charge in [0.1, 0.15) is 5.75 Å². The molecule has 1 aliphatic carbocycles. The smallest absolute Gasteiger partial charge is 0.387 e. The minimum atomic E-state index is -2.79. The molecule has 4 rings (SSSR count). The topological polar surface area (TPSA) is 9.23 Å². The maximum absolute atomic E-state index is 12.6. The Hall–Kier alpha value is -2.42. The number of rotatable bonds is 9. The Balaban J connectivity index is 1.65. The number of hydrogen-bond acceptors (Lipinski definition) is 1. The van der Waals surface area contributed by atoms with E-state index in [1.807, 2.05) is 12.1 Å². The number of unbranched alkanes of at least 4 members (excludes halogenated alkanes) is 4. The van der Waals surface area contributed by atoms with Gasteiger partial charge in [0.05, 0.1) is 0 Å². The lowest BCUT2D eigenvalue weighted by molar-refractivity contribution is -0.0498. The van der Waals surface area contributed by atoms with Gasteiger partial charge in [0, 0.05) is 5.92 Å². The molecule has 0 unspecified atom stereocenters. The largest absolute Gasteiger partial charge is 0.435 e. The average molecular weight is 423 g/mol. The number of ether oxygens (including phenoxy) is 1. The van der Waals surface area contributed by atoms with E-state index in [1.165, 1.54) is 72.4 Å². The van der Waals surface area contributed by atoms with Crippen LogP contribution in [0.4, 0.5) is 8.78 Å². The molecule has 0 spiro atoms. The Morgan fingerprint density at radius 2 is 1.68 bits per heavy atom. The Morgan fingerprint density at radius 1 is 0.903 bits per heavy atom. The molecule has 3 heteroatoms. The van der Waals surface area contributed by atoms with Crippen LogP contribution in [0.15, 0.2) is 60.7 Å². The summed E-state index contributed by atoms with van der Waals surface area (Å²) in [6.07, 6.45) is 9.95. The molecule has 1 aliphatic rings. The van der Waals surface area contributed by atoms with Crippen molar-refractivity contribution in [1.82, 2.24) is 0 Å². The molecule has 0 radical (unpaired) electrons. The van der Waals surface area contributed by atoms with Crippen LogP contribution in [0.2, 0.25) is 0 Å². The summed E-state index contributed by atoms with van der Waals surface area (Å²) in [6.45, 7) is -0.539. The molecule has 31 heavy (non-hydrogen) atoms. The molecule has 3 aromatic carbocycles. The first-order valence-corrected chi connectivity index (χ1v) is 11.7. The minimum absolute atomic E-state index is 0.226. The molecule has 0 heterocycles. The van der Waals surface area contributed by atoms with Gasteiger partial charge >= 0.3 is 6.61 Å². The van der Waals surface area contributed by atoms with Crippen molar-refractivity contribution < 1.29 is 13.5 Å². The maximum atomic E-state index is 12.6. The molecule has 2 atom stereocenters. The molecule has 0 saturated carbocycles. The summed E-state index contributed by atoms with van der Waals surface area (Å²) >= 11 is 0. The summed E-state index contributed by atoms with van der Waals surface area (Å²) < 4.78 is 29.8. The van der Waals surface area contributed by atoms with E-state index in [9.17, 15) is 8.78 Å². The van der Waals surface area contributed by atoms with Gasteiger partial charge in [-0.2, -0.15) is 8.78 Å². The van der Waals surface area contributed by atoms with Crippen LogP contribution in [0.1, 0.15) is 74.5 Å². The van der Waals surface area contributed by atoms with Crippen molar-refractivity contribution in [2.45, 2.75) is 70.8 Å². The molecule has 0 bridgehead atoms. The van der Waals surface area contributed by atoms with Crippen LogP contribution in [-0.4, -0.2) is 6.61 Å². The first-order chi connectivity index (χ1) is 15.2. The van der Waals surface area contributed by atoms with Crippen LogP contribution in [-0.2, 0) is 6.42 Å². The lowest BCUT2D eigenvalue weighted by atomic mass is 9.69. The summed E-state index contributed by atoms with van der Waals surface area (Å²) in [6, 6.07) is 20.5. The number of aryl methyl sites for hydroxylation is 1. The number of halogens is 2. The molecule has 0 aromatic heterocycles. The van der Waals surface area contributed by atoms with Crippen LogP contribution in [0.3, 0.4) is 0 Å². The SMILES string of the molecule is CCCCCCC[C@@H]1CCc2c(ccc3ccccc23)[C@H]1c1ccc(OC(F)F)cc1. The normalized spacial score (nSPS) is 18.3. The Bertz CT molecular complexity index is 980. The van der Waals surface area contributed by atoms with Crippen molar-refractivity contribution in [3.05, 3.63) is 77.4 Å². The van der Waals surface area contributed by atoms with E-state index in [4.69, 9.17) is 0 Å². The molecule has 0 N–H and O–H groups in total. The molecule has 0 amide bonds. The third kappa shape index (κ3) is 5.08. The lowest BCUT2D eigenvalue weighted by Crippen LogP contribution is -2.22. The summed E-state index contributed by atoms with van der Waals surface area (Å²) in [5.41, 5.74) is 4.07. The highest BCUT2D eigenvalue weighted by Crippen LogP contribution is 2.45. The second-order valence-electron chi connectivity index (χ2n) is 8.78. The fraction of sp³-hybridized carbons (Fsp3) is 0.429. The highest BCUT2D eigenvalue weighted by Gasteiger charge is 2.31. The van der Waals surface area contributed by atoms with Crippen LogP contribution >= 0.6 is 0 Å². The highest BCUT2D eigenvalue weighted by molar-refractivity contribution is 5.87. The van der Waals surface area contributed by atoms with Gasteiger partial charge in [-0.15, -0.1) is 0 Å². The average Bonchev–Trinajstić information content (AvgIpc) is 2.78. The number of fused-ring (bicyclic) bond motifs is 3. The van der Waals surface area contributed by atoms with Gasteiger partial charge in [0.2, 0.25) is 0 Å². The first-order valence-electron chi connectivity index (χ1n) is 11.7. The van der Waals surface area contributed by atoms with Crippen molar-refractivity contribution in [2.75, 3.05) is 0 Å². The maximum Gasteiger partial charge on any atom is 0.387 e. The van der Waals surface area contributed by atoms with Crippen molar-refractivity contribution in [2.24, 2.45) is 5.92 Å². The number of alkyl halides is 2. The van der Waals surface area contributed by atoms with Gasteiger partial charge in [-0.05, 0) is 64.8 Å². The van der Waals surface area contributed by atoms with Gasteiger partial charge in [-0.25, -0.2) is 0 Å². The molecule has 0 aliphatic heterocycles. The molecular weight excluding hydrogens is 390 g/mol. The van der Waals surface area contributed by atoms with E-state index < -0.39 is 6.61 Å². The molecule has 3 aromatic rings. The van der Waals surface area contributed by atoms with E-state index in [0.717, 1.165) is 6.42 Å². The fourth-order valence-electron chi connectivity index (χ4n) is 5.30. The van der Waals surface area contributed by atoms with E-state index in [0.29, 0.717) is 11.8 Å². The fourth-order valence-corrected chi connectivity index (χ4v) is 5.30. The summed E-state index contributed by atoms with van der Waals surface area (Å²) in [7, 11) is 0. The predicted molar refractivity (Wildman–Crippen MR) is 124 cm³/mol. The number of benzene rings is 3. The Labute approximate surface area is 184 Å². The van der Waals surface area contributed by atoms with E-state index in [-0.39, 0.29) is 5.75 Å². The van der Waals surface area contributed by atoms with Gasteiger partial charge in [0.25, 0.3) is 0 Å². The van der Waals surface area contributed by atoms with Crippen molar-refractivity contribution in [3.63, 3.8) is 0 Å². The van der Waals surface area contributed by atoms with Crippen molar-refractivity contribution in [3.8, 4) is 5.75 Å². The Kier molecular flexibility index (Phi) is 7.21. The van der Waals surface area contributed by atoms with Crippen LogP contribution < -0.4 is 4.74 Å². The van der Waals surface area contributed by atoms with Gasteiger partial charge in [-0.1, -0.05) is 87.6 Å². The highest BCUT2D eigenvalue weighted by atomic mass is 19.3. The third-order valence-electron chi connectivity index (χ3n) is 6.79. The second-order valence-corrected chi connectivity index (χ2v) is 8.78. The molecule has 0 saturated heterocycles. The van der Waals surface area contributed by atoms with Gasteiger partial charge in [-0.3, -0.25) is 0 Å². The van der Waals surface area contributed by atoms with Crippen molar-refractivity contribution in [1.29, 1.82) is 0 Å². The van der Waals surface area contributed by atoms with E-state index in [2.05, 4.69) is 48.1 Å². The summed E-state index contributed by atoms with van der Waals surface area (Å²) in [5.74, 6) is 1.11. The number of hydrogen-bond donors (Lipinski definition) is 0. The van der Waals surface area contributed by atoms with Gasteiger partial charge < -0.3 is 4.74 Å². The zero-order valence-corrected chi connectivity index (χ0v) is 18.3. The van der Waals surface area contributed by atoms with Crippen LogP contribution in [0.5, 0.6) is 5.75 Å². The monoisotopic (exact) mass is 422 g/mol. The van der Waals surface area contributed by atoms with E-state index >= 15 is 0 Å². The van der Waals surface area contributed by atoms with E-state index in [1.54, 1.807) is 12.1 Å². The molecular formula is C28H32F2O. The second kappa shape index (κ2) is 10.3. The quantitative estimate of drug-likeness (QED) is 0.314. The molecule has 164 valence electrons. The summed E-state index contributed by atoms with van der Waals surface area (Å²) in [5, 5.41) is 2.64. The standard InChI is InChI=1S/C28H32F2O/c1-2-3-4-5-6-10-21-15-18-25-24-11-8-7-9-20(24)14-19-26(25)27(21)22-12-16-23(17-13-22)31-28(29)30/h7-9,11-14,16-17,19,21,27-28H,2-6,10,15,18H2,1H3/t21-,27-/m1/s1. The van der Waals surface area contributed by atoms with Crippen molar-refractivity contribution >= 4 is 10.8 Å². The van der Waals surface area contributed by atoms with Gasteiger partial charge in [0.15, 0.2) is 0 Å². The first kappa shape index (κ1) is 21.8. The minimum Gasteiger partial charge on any atom is -0.435 e. The molecule has 1 nitrogen and oxygen atoms in total. The lowest BCUT2D eigenvalue weighted by Gasteiger charge is -2.35. The predicted octanol–water partition coefficient (Wildman–Crippen LogP) is 8.50. The van der Waals surface area contributed by atoms with Crippen LogP contribution in [0, 0.1) is 5.92 Å². The zero-order chi connectivity index (χ0) is 21.6. The third-order valence-corrected chi connectivity index (χ3v) is 6.79.